The van der Waals surface area contributed by atoms with Gasteiger partial charge in [0.05, 0.1) is 17.3 Å². The number of benzene rings is 1. The van der Waals surface area contributed by atoms with Crippen LogP contribution in [0.3, 0.4) is 0 Å². The second-order valence-corrected chi connectivity index (χ2v) is 4.23. The standard InChI is InChI=1S/C14H19N3/c1-4-5-9-12(15-2)14-11-8-6-7-10-13(11)17(3)16-14/h4,6-8,10,12,15H,1,5,9H2,2-3H3. The van der Waals surface area contributed by atoms with Gasteiger partial charge >= 0.3 is 0 Å². The van der Waals surface area contributed by atoms with Gasteiger partial charge in [0.25, 0.3) is 0 Å². The Hall–Kier alpha value is -1.61. The van der Waals surface area contributed by atoms with E-state index in [0.29, 0.717) is 6.04 Å². The molecule has 2 aromatic rings. The van der Waals surface area contributed by atoms with Crippen LogP contribution in [0.4, 0.5) is 0 Å². The van der Waals surface area contributed by atoms with Crippen LogP contribution in [0.15, 0.2) is 36.9 Å². The highest BCUT2D eigenvalue weighted by atomic mass is 15.3. The molecule has 3 nitrogen and oxygen atoms in total. The van der Waals surface area contributed by atoms with E-state index in [4.69, 9.17) is 0 Å². The Bertz CT molecular complexity index is 513. The van der Waals surface area contributed by atoms with E-state index in [2.05, 4.69) is 35.2 Å². The van der Waals surface area contributed by atoms with E-state index in [9.17, 15) is 0 Å². The Morgan fingerprint density at radius 3 is 2.94 bits per heavy atom. The van der Waals surface area contributed by atoms with Gasteiger partial charge in [-0.25, -0.2) is 0 Å². The number of aryl methyl sites for hydroxylation is 1. The van der Waals surface area contributed by atoms with Crippen molar-refractivity contribution in [1.82, 2.24) is 15.1 Å². The van der Waals surface area contributed by atoms with Gasteiger partial charge in [0.15, 0.2) is 0 Å². The van der Waals surface area contributed by atoms with Gasteiger partial charge in [0, 0.05) is 12.4 Å². The summed E-state index contributed by atoms with van der Waals surface area (Å²) < 4.78 is 1.95. The molecule has 2 rings (SSSR count). The van der Waals surface area contributed by atoms with Crippen molar-refractivity contribution in [2.24, 2.45) is 7.05 Å². The zero-order valence-corrected chi connectivity index (χ0v) is 10.5. The summed E-state index contributed by atoms with van der Waals surface area (Å²) in [6, 6.07) is 8.64. The first-order valence-electron chi connectivity index (χ1n) is 5.97. The number of rotatable bonds is 5. The van der Waals surface area contributed by atoms with Crippen LogP contribution in [-0.2, 0) is 7.05 Å². The van der Waals surface area contributed by atoms with Crippen molar-refractivity contribution in [2.45, 2.75) is 18.9 Å². The SMILES string of the molecule is C=CCCC(NC)c1nn(C)c2ccccc12. The summed E-state index contributed by atoms with van der Waals surface area (Å²) in [7, 11) is 3.98. The van der Waals surface area contributed by atoms with Gasteiger partial charge in [-0.05, 0) is 26.0 Å². The van der Waals surface area contributed by atoms with Crippen LogP contribution in [0, 0.1) is 0 Å². The third-order valence-corrected chi connectivity index (χ3v) is 3.12. The van der Waals surface area contributed by atoms with E-state index in [1.165, 1.54) is 10.9 Å². The van der Waals surface area contributed by atoms with Crippen molar-refractivity contribution in [3.05, 3.63) is 42.6 Å². The van der Waals surface area contributed by atoms with Crippen LogP contribution in [-0.4, -0.2) is 16.8 Å². The minimum Gasteiger partial charge on any atom is -0.312 e. The molecule has 0 aliphatic rings. The van der Waals surface area contributed by atoms with Crippen LogP contribution in [0.1, 0.15) is 24.6 Å². The second kappa shape index (κ2) is 5.15. The molecule has 0 saturated carbocycles. The van der Waals surface area contributed by atoms with Crippen molar-refractivity contribution in [3.63, 3.8) is 0 Å². The molecule has 1 aromatic carbocycles. The fourth-order valence-corrected chi connectivity index (χ4v) is 2.20. The third-order valence-electron chi connectivity index (χ3n) is 3.12. The van der Waals surface area contributed by atoms with Crippen LogP contribution in [0.5, 0.6) is 0 Å². The largest absolute Gasteiger partial charge is 0.312 e. The summed E-state index contributed by atoms with van der Waals surface area (Å²) >= 11 is 0. The van der Waals surface area contributed by atoms with Gasteiger partial charge in [-0.3, -0.25) is 4.68 Å². The average molecular weight is 229 g/mol. The lowest BCUT2D eigenvalue weighted by molar-refractivity contribution is 0.535. The molecule has 0 bridgehead atoms. The zero-order valence-electron chi connectivity index (χ0n) is 10.5. The maximum atomic E-state index is 4.63. The highest BCUT2D eigenvalue weighted by Crippen LogP contribution is 2.25. The number of nitrogens with zero attached hydrogens (tertiary/aromatic N) is 2. The predicted molar refractivity (Wildman–Crippen MR) is 71.9 cm³/mol. The van der Waals surface area contributed by atoms with Gasteiger partial charge in [0.1, 0.15) is 0 Å². The molecule has 0 saturated heterocycles. The highest BCUT2D eigenvalue weighted by Gasteiger charge is 2.16. The molecular weight excluding hydrogens is 210 g/mol. The first-order chi connectivity index (χ1) is 8.27. The topological polar surface area (TPSA) is 29.9 Å². The van der Waals surface area contributed by atoms with Crippen molar-refractivity contribution < 1.29 is 0 Å². The molecule has 0 aliphatic carbocycles. The van der Waals surface area contributed by atoms with Crippen LogP contribution < -0.4 is 5.32 Å². The lowest BCUT2D eigenvalue weighted by Crippen LogP contribution is -2.17. The summed E-state index contributed by atoms with van der Waals surface area (Å²) in [5, 5.41) is 9.20. The fraction of sp³-hybridized carbons (Fsp3) is 0.357. The van der Waals surface area contributed by atoms with Crippen molar-refractivity contribution in [2.75, 3.05) is 7.05 Å². The molecule has 0 amide bonds. The average Bonchev–Trinajstić information content (AvgIpc) is 2.69. The molecule has 1 unspecified atom stereocenters. The minimum absolute atomic E-state index is 0.291. The number of allylic oxidation sites excluding steroid dienone is 1. The van der Waals surface area contributed by atoms with E-state index >= 15 is 0 Å². The normalized spacial score (nSPS) is 12.8. The number of fused-ring (bicyclic) bond motifs is 1. The molecule has 90 valence electrons. The first-order valence-corrected chi connectivity index (χ1v) is 5.97. The van der Waals surface area contributed by atoms with Crippen molar-refractivity contribution >= 4 is 10.9 Å². The quantitative estimate of drug-likeness (QED) is 0.799. The van der Waals surface area contributed by atoms with Gasteiger partial charge in [-0.15, -0.1) is 6.58 Å². The first kappa shape index (κ1) is 11.9. The zero-order chi connectivity index (χ0) is 12.3. The third kappa shape index (κ3) is 2.24. The fourth-order valence-electron chi connectivity index (χ4n) is 2.20. The predicted octanol–water partition coefficient (Wildman–Crippen LogP) is 2.80. The molecule has 0 spiro atoms. The molecule has 1 heterocycles. The van der Waals surface area contributed by atoms with E-state index in [1.807, 2.05) is 30.9 Å². The monoisotopic (exact) mass is 229 g/mol. The van der Waals surface area contributed by atoms with Gasteiger partial charge < -0.3 is 5.32 Å². The summed E-state index contributed by atoms with van der Waals surface area (Å²) in [6.07, 6.45) is 3.98. The second-order valence-electron chi connectivity index (χ2n) is 4.23. The number of hydrogen-bond donors (Lipinski definition) is 1. The molecule has 1 N–H and O–H groups in total. The molecule has 0 fully saturated rings. The summed E-state index contributed by atoms with van der Waals surface area (Å²) in [5.41, 5.74) is 2.31. The summed E-state index contributed by atoms with van der Waals surface area (Å²) in [4.78, 5) is 0. The van der Waals surface area contributed by atoms with E-state index in [1.54, 1.807) is 0 Å². The molecule has 3 heteroatoms. The van der Waals surface area contributed by atoms with Crippen LogP contribution in [0.2, 0.25) is 0 Å². The highest BCUT2D eigenvalue weighted by molar-refractivity contribution is 5.82. The van der Waals surface area contributed by atoms with Crippen LogP contribution >= 0.6 is 0 Å². The summed E-state index contributed by atoms with van der Waals surface area (Å²) in [6.45, 7) is 3.77. The Labute approximate surface area is 102 Å². The summed E-state index contributed by atoms with van der Waals surface area (Å²) in [5.74, 6) is 0. The maximum Gasteiger partial charge on any atom is 0.0872 e. The lowest BCUT2D eigenvalue weighted by Gasteiger charge is -2.12. The van der Waals surface area contributed by atoms with Crippen molar-refractivity contribution in [1.29, 1.82) is 0 Å². The minimum atomic E-state index is 0.291. The number of nitrogens with one attached hydrogen (secondary N) is 1. The Morgan fingerprint density at radius 2 is 2.24 bits per heavy atom. The Morgan fingerprint density at radius 1 is 1.47 bits per heavy atom. The smallest absolute Gasteiger partial charge is 0.0872 e. The molecule has 1 aromatic heterocycles. The van der Waals surface area contributed by atoms with E-state index in [0.717, 1.165) is 18.5 Å². The molecule has 0 radical (unpaired) electrons. The van der Waals surface area contributed by atoms with Gasteiger partial charge in [-0.1, -0.05) is 24.3 Å². The van der Waals surface area contributed by atoms with Gasteiger partial charge in [-0.2, -0.15) is 5.10 Å². The Balaban J connectivity index is 2.42. The molecule has 17 heavy (non-hydrogen) atoms. The Kier molecular flexibility index (Phi) is 3.59. The van der Waals surface area contributed by atoms with E-state index < -0.39 is 0 Å². The van der Waals surface area contributed by atoms with Crippen molar-refractivity contribution in [3.8, 4) is 0 Å². The maximum absolute atomic E-state index is 4.63. The van der Waals surface area contributed by atoms with E-state index in [-0.39, 0.29) is 0 Å². The number of aromatic nitrogens is 2. The van der Waals surface area contributed by atoms with Crippen LogP contribution in [0.25, 0.3) is 10.9 Å². The molecule has 0 aliphatic heterocycles. The lowest BCUT2D eigenvalue weighted by atomic mass is 10.0. The molecular formula is C14H19N3. The van der Waals surface area contributed by atoms with Gasteiger partial charge in [0.2, 0.25) is 0 Å². The number of para-hydroxylation sites is 1. The number of hydrogen-bond acceptors (Lipinski definition) is 2. The molecule has 1 atom stereocenters.